The molecule has 2 aromatic carbocycles. The molecule has 0 spiro atoms. The highest BCUT2D eigenvalue weighted by Crippen LogP contribution is 2.41. The number of benzene rings is 2. The van der Waals surface area contributed by atoms with Gasteiger partial charge in [-0.3, -0.25) is 4.79 Å². The molecule has 3 heteroatoms. The van der Waals surface area contributed by atoms with Gasteiger partial charge in [-0.05, 0) is 50.5 Å². The zero-order chi connectivity index (χ0) is 17.3. The smallest absolute Gasteiger partial charge is 0.227 e. The topological polar surface area (TPSA) is 38.3 Å². The van der Waals surface area contributed by atoms with Gasteiger partial charge < -0.3 is 10.1 Å². The van der Waals surface area contributed by atoms with E-state index in [0.29, 0.717) is 0 Å². The van der Waals surface area contributed by atoms with Crippen LogP contribution in [0.25, 0.3) is 0 Å². The molecule has 1 fully saturated rings. The third kappa shape index (κ3) is 3.16. The highest BCUT2D eigenvalue weighted by Gasteiger charge is 2.41. The van der Waals surface area contributed by atoms with Crippen molar-refractivity contribution in [3.63, 3.8) is 0 Å². The van der Waals surface area contributed by atoms with Gasteiger partial charge in [0.15, 0.2) is 0 Å². The summed E-state index contributed by atoms with van der Waals surface area (Å²) in [5.41, 5.74) is 3.32. The number of carbonyl (C=O) groups excluding carboxylic acids is 1. The van der Waals surface area contributed by atoms with Crippen LogP contribution in [-0.2, 0) is 4.79 Å². The van der Waals surface area contributed by atoms with Crippen LogP contribution in [0, 0.1) is 6.92 Å². The van der Waals surface area contributed by atoms with Crippen LogP contribution in [0.15, 0.2) is 48.5 Å². The van der Waals surface area contributed by atoms with Gasteiger partial charge in [0.1, 0.15) is 5.75 Å². The van der Waals surface area contributed by atoms with Crippen LogP contribution in [0.4, 0.5) is 0 Å². The minimum absolute atomic E-state index is 0.105. The molecule has 3 nitrogen and oxygen atoms in total. The summed E-state index contributed by atoms with van der Waals surface area (Å²) >= 11 is 0. The van der Waals surface area contributed by atoms with Gasteiger partial charge in [-0.25, -0.2) is 0 Å². The summed E-state index contributed by atoms with van der Waals surface area (Å²) < 4.78 is 5.22. The van der Waals surface area contributed by atoms with Crippen LogP contribution >= 0.6 is 0 Å². The zero-order valence-electron chi connectivity index (χ0n) is 14.8. The van der Waals surface area contributed by atoms with Crippen LogP contribution in [0.2, 0.25) is 0 Å². The molecule has 1 saturated heterocycles. The van der Waals surface area contributed by atoms with Crippen LogP contribution in [0.1, 0.15) is 48.8 Å². The number of methoxy groups -OCH3 is 1. The van der Waals surface area contributed by atoms with E-state index in [0.717, 1.165) is 17.7 Å². The molecular formula is C21H25NO2. The van der Waals surface area contributed by atoms with Crippen molar-refractivity contribution in [2.45, 2.75) is 44.6 Å². The number of nitrogens with one attached hydrogen (secondary N) is 1. The van der Waals surface area contributed by atoms with Gasteiger partial charge in [-0.1, -0.05) is 42.0 Å². The minimum Gasteiger partial charge on any atom is -0.497 e. The summed E-state index contributed by atoms with van der Waals surface area (Å²) in [5.74, 6) is 1.07. The van der Waals surface area contributed by atoms with E-state index in [4.69, 9.17) is 4.74 Å². The van der Waals surface area contributed by atoms with Crippen molar-refractivity contribution >= 4 is 5.91 Å². The summed E-state index contributed by atoms with van der Waals surface area (Å²) in [7, 11) is 1.65. The third-order valence-electron chi connectivity index (χ3n) is 5.10. The second-order valence-corrected chi connectivity index (χ2v) is 7.24. The van der Waals surface area contributed by atoms with Gasteiger partial charge >= 0.3 is 0 Å². The lowest BCUT2D eigenvalue weighted by atomic mass is 9.71. The first-order chi connectivity index (χ1) is 11.4. The second kappa shape index (κ2) is 6.31. The summed E-state index contributed by atoms with van der Waals surface area (Å²) in [4.78, 5) is 12.7. The molecule has 0 saturated carbocycles. The fourth-order valence-electron chi connectivity index (χ4n) is 3.60. The lowest BCUT2D eigenvalue weighted by Crippen LogP contribution is -2.54. The van der Waals surface area contributed by atoms with Crippen molar-refractivity contribution < 1.29 is 9.53 Å². The molecule has 2 aromatic rings. The molecule has 0 bridgehead atoms. The molecule has 0 aromatic heterocycles. The maximum Gasteiger partial charge on any atom is 0.227 e. The van der Waals surface area contributed by atoms with Crippen LogP contribution in [0.5, 0.6) is 5.75 Å². The van der Waals surface area contributed by atoms with Crippen LogP contribution < -0.4 is 10.1 Å². The fourth-order valence-corrected chi connectivity index (χ4v) is 3.60. The second-order valence-electron chi connectivity index (χ2n) is 7.24. The van der Waals surface area contributed by atoms with E-state index < -0.39 is 0 Å². The third-order valence-corrected chi connectivity index (χ3v) is 5.10. The highest BCUT2D eigenvalue weighted by molar-refractivity contribution is 5.85. The Kier molecular flexibility index (Phi) is 4.35. The van der Waals surface area contributed by atoms with Gasteiger partial charge in [-0.2, -0.15) is 0 Å². The first-order valence-corrected chi connectivity index (χ1v) is 8.43. The Balaban J connectivity index is 1.91. The molecule has 1 amide bonds. The van der Waals surface area contributed by atoms with Gasteiger partial charge in [0.05, 0.1) is 13.0 Å². The average molecular weight is 323 g/mol. The van der Waals surface area contributed by atoms with Gasteiger partial charge in [0, 0.05) is 11.5 Å². The number of piperidine rings is 1. The van der Waals surface area contributed by atoms with Crippen molar-refractivity contribution in [1.82, 2.24) is 5.32 Å². The fraction of sp³-hybridized carbons (Fsp3) is 0.381. The van der Waals surface area contributed by atoms with Crippen molar-refractivity contribution in [3.8, 4) is 5.75 Å². The highest BCUT2D eigenvalue weighted by atomic mass is 16.5. The number of ether oxygens (including phenoxy) is 1. The maximum atomic E-state index is 12.7. The molecule has 1 heterocycles. The SMILES string of the molecule is COc1ccc([C@H]2C[C@@H](c3ccc(C)cc3)C(C)(C)NC2=O)cc1. The lowest BCUT2D eigenvalue weighted by molar-refractivity contribution is -0.127. The molecule has 2 atom stereocenters. The van der Waals surface area contributed by atoms with Gasteiger partial charge in [0.25, 0.3) is 0 Å². The lowest BCUT2D eigenvalue weighted by Gasteiger charge is -2.43. The predicted octanol–water partition coefficient (Wildman–Crippen LogP) is 4.17. The van der Waals surface area contributed by atoms with Crippen LogP contribution in [0.3, 0.4) is 0 Å². The Morgan fingerprint density at radius 2 is 1.58 bits per heavy atom. The Hall–Kier alpha value is -2.29. The monoisotopic (exact) mass is 323 g/mol. The molecule has 0 aliphatic carbocycles. The Labute approximate surface area is 144 Å². The number of amides is 1. The summed E-state index contributed by atoms with van der Waals surface area (Å²) in [6.45, 7) is 6.32. The average Bonchev–Trinajstić information content (AvgIpc) is 2.56. The van der Waals surface area contributed by atoms with Gasteiger partial charge in [0.2, 0.25) is 5.91 Å². The number of hydrogen-bond donors (Lipinski definition) is 1. The molecule has 1 N–H and O–H groups in total. The molecule has 3 rings (SSSR count). The van der Waals surface area contributed by atoms with E-state index in [9.17, 15) is 4.79 Å². The summed E-state index contributed by atoms with van der Waals surface area (Å²) in [6, 6.07) is 16.5. The van der Waals surface area contributed by atoms with Crippen molar-refractivity contribution in [2.24, 2.45) is 0 Å². The summed E-state index contributed by atoms with van der Waals surface area (Å²) in [6.07, 6.45) is 0.814. The number of hydrogen-bond acceptors (Lipinski definition) is 2. The van der Waals surface area contributed by atoms with E-state index in [1.165, 1.54) is 11.1 Å². The summed E-state index contributed by atoms with van der Waals surface area (Å²) in [5, 5.41) is 3.23. The zero-order valence-corrected chi connectivity index (χ0v) is 14.8. The molecule has 0 unspecified atom stereocenters. The van der Waals surface area contributed by atoms with E-state index in [1.807, 2.05) is 24.3 Å². The van der Waals surface area contributed by atoms with Crippen molar-refractivity contribution in [1.29, 1.82) is 0 Å². The molecular weight excluding hydrogens is 298 g/mol. The quantitative estimate of drug-likeness (QED) is 0.920. The molecule has 24 heavy (non-hydrogen) atoms. The van der Waals surface area contributed by atoms with Crippen LogP contribution in [-0.4, -0.2) is 18.6 Å². The Morgan fingerprint density at radius 1 is 1.00 bits per heavy atom. The Bertz CT molecular complexity index is 717. The maximum absolute atomic E-state index is 12.7. The minimum atomic E-state index is -0.255. The predicted molar refractivity (Wildman–Crippen MR) is 96.5 cm³/mol. The van der Waals surface area contributed by atoms with E-state index in [1.54, 1.807) is 7.11 Å². The van der Waals surface area contributed by atoms with E-state index >= 15 is 0 Å². The number of aryl methyl sites for hydroxylation is 1. The van der Waals surface area contributed by atoms with Gasteiger partial charge in [-0.15, -0.1) is 0 Å². The first kappa shape index (κ1) is 16.6. The first-order valence-electron chi connectivity index (χ1n) is 8.43. The van der Waals surface area contributed by atoms with Crippen molar-refractivity contribution in [2.75, 3.05) is 7.11 Å². The molecule has 1 aliphatic rings. The van der Waals surface area contributed by atoms with Crippen molar-refractivity contribution in [3.05, 3.63) is 65.2 Å². The molecule has 126 valence electrons. The number of rotatable bonds is 3. The standard InChI is InChI=1S/C21H25NO2/c1-14-5-7-16(8-6-14)19-13-18(20(23)22-21(19,2)3)15-9-11-17(24-4)12-10-15/h5-12,18-19H,13H2,1-4H3,(H,22,23)/t18-,19+/m1/s1. The number of carbonyl (C=O) groups is 1. The normalized spacial score (nSPS) is 22.8. The van der Waals surface area contributed by atoms with E-state index in [-0.39, 0.29) is 23.3 Å². The molecule has 0 radical (unpaired) electrons. The Morgan fingerprint density at radius 3 is 2.17 bits per heavy atom. The largest absolute Gasteiger partial charge is 0.497 e. The molecule has 1 aliphatic heterocycles. The van der Waals surface area contributed by atoms with E-state index in [2.05, 4.69) is 50.4 Å².